The Morgan fingerprint density at radius 3 is 1.36 bits per heavy atom. The van der Waals surface area contributed by atoms with Gasteiger partial charge in [0.2, 0.25) is 0 Å². The Morgan fingerprint density at radius 1 is 0.818 bits per heavy atom. The average molecular weight is 180 g/mol. The maximum atomic E-state index is 2.43. The summed E-state index contributed by atoms with van der Waals surface area (Å²) in [4.78, 5) is 0. The van der Waals surface area contributed by atoms with Crippen molar-refractivity contribution < 1.29 is 0 Å². The molecular weight excluding hydrogens is 164 g/mol. The Kier molecular flexibility index (Phi) is 2.55. The van der Waals surface area contributed by atoms with Gasteiger partial charge in [0.15, 0.2) is 0 Å². The minimum atomic E-state index is -0.199. The molecule has 0 amide bonds. The van der Waals surface area contributed by atoms with Crippen molar-refractivity contribution in [3.63, 3.8) is 0 Å². The molecule has 0 aromatic rings. The quantitative estimate of drug-likeness (QED) is 0.573. The molecular formula is C9H16Si2. The first kappa shape index (κ1) is 9.01. The highest BCUT2D eigenvalue weighted by Gasteiger charge is 2.34. The van der Waals surface area contributed by atoms with Gasteiger partial charge < -0.3 is 0 Å². The largest absolute Gasteiger partial charge is 0.0805 e. The van der Waals surface area contributed by atoms with Crippen LogP contribution in [0.15, 0.2) is 24.3 Å². The van der Waals surface area contributed by atoms with Crippen LogP contribution in [-0.4, -0.2) is 17.6 Å². The van der Waals surface area contributed by atoms with Gasteiger partial charge in [-0.25, -0.2) is 0 Å². The van der Waals surface area contributed by atoms with E-state index in [2.05, 4.69) is 50.5 Å². The third-order valence-corrected chi connectivity index (χ3v) is 9.46. The summed E-state index contributed by atoms with van der Waals surface area (Å²) >= 11 is 0. The van der Waals surface area contributed by atoms with Crippen LogP contribution in [0.4, 0.5) is 0 Å². The zero-order valence-corrected chi connectivity index (χ0v) is 9.81. The van der Waals surface area contributed by atoms with E-state index in [1.54, 1.807) is 0 Å². The summed E-state index contributed by atoms with van der Waals surface area (Å²) in [5, 5.41) is 0. The Balaban J connectivity index is 2.90. The molecule has 60 valence electrons. The van der Waals surface area contributed by atoms with Gasteiger partial charge in [-0.1, -0.05) is 50.5 Å². The molecule has 0 saturated carbocycles. The maximum absolute atomic E-state index is 2.43. The second kappa shape index (κ2) is 3.11. The monoisotopic (exact) mass is 180 g/mol. The first-order chi connectivity index (χ1) is 5.09. The minimum absolute atomic E-state index is 0.199. The van der Waals surface area contributed by atoms with Gasteiger partial charge in [-0.15, -0.1) is 0 Å². The van der Waals surface area contributed by atoms with Crippen LogP contribution in [0.5, 0.6) is 0 Å². The van der Waals surface area contributed by atoms with Gasteiger partial charge in [0.05, 0.1) is 17.6 Å². The molecule has 0 atom stereocenters. The van der Waals surface area contributed by atoms with Crippen molar-refractivity contribution in [1.29, 1.82) is 0 Å². The standard InChI is InChI=1S/C9H16Si2/c1-10(2)9(11(3)4)7-5-6-8-9/h5-8H,1-4H3. The lowest BCUT2D eigenvalue weighted by molar-refractivity contribution is 1.17. The first-order valence-electron chi connectivity index (χ1n) is 4.08. The number of rotatable bonds is 2. The molecule has 0 saturated heterocycles. The third-order valence-electron chi connectivity index (χ3n) is 2.48. The van der Waals surface area contributed by atoms with E-state index in [1.807, 2.05) is 0 Å². The van der Waals surface area contributed by atoms with E-state index in [4.69, 9.17) is 0 Å². The van der Waals surface area contributed by atoms with Crippen LogP contribution in [-0.2, 0) is 0 Å². The molecule has 0 spiro atoms. The minimum Gasteiger partial charge on any atom is -0.0805 e. The van der Waals surface area contributed by atoms with Crippen molar-refractivity contribution in [2.24, 2.45) is 0 Å². The molecule has 0 aromatic heterocycles. The number of hydrogen-bond acceptors (Lipinski definition) is 0. The predicted octanol–water partition coefficient (Wildman–Crippen LogP) is 2.90. The second-order valence-electron chi connectivity index (χ2n) is 3.59. The van der Waals surface area contributed by atoms with E-state index >= 15 is 0 Å². The highest BCUT2D eigenvalue weighted by Crippen LogP contribution is 2.39. The second-order valence-corrected chi connectivity index (χ2v) is 9.74. The van der Waals surface area contributed by atoms with Crippen molar-refractivity contribution >= 4 is 17.6 Å². The van der Waals surface area contributed by atoms with E-state index in [1.165, 1.54) is 0 Å². The molecule has 0 nitrogen and oxygen atoms in total. The van der Waals surface area contributed by atoms with Gasteiger partial charge in [0.1, 0.15) is 0 Å². The van der Waals surface area contributed by atoms with Gasteiger partial charge in [0, 0.05) is 0 Å². The van der Waals surface area contributed by atoms with Crippen LogP contribution in [0.25, 0.3) is 0 Å². The molecule has 1 aliphatic carbocycles. The van der Waals surface area contributed by atoms with Gasteiger partial charge in [0.25, 0.3) is 0 Å². The lowest BCUT2D eigenvalue weighted by Gasteiger charge is -2.32. The molecule has 0 unspecified atom stereocenters. The van der Waals surface area contributed by atoms with Crippen LogP contribution in [0.2, 0.25) is 30.8 Å². The van der Waals surface area contributed by atoms with Crippen LogP contribution in [0, 0.1) is 0 Å². The molecule has 0 fully saturated rings. The van der Waals surface area contributed by atoms with Gasteiger partial charge in [-0.05, 0) is 4.66 Å². The van der Waals surface area contributed by atoms with Crippen LogP contribution < -0.4 is 0 Å². The number of allylic oxidation sites excluding steroid dienone is 4. The SMILES string of the molecule is C[Si](C)C1([Si](C)C)C=CC=C1. The topological polar surface area (TPSA) is 0 Å². The summed E-state index contributed by atoms with van der Waals surface area (Å²) in [5.74, 6) is 0. The summed E-state index contributed by atoms with van der Waals surface area (Å²) in [6.07, 6.45) is 9.29. The van der Waals surface area contributed by atoms with E-state index in [-0.39, 0.29) is 17.6 Å². The fourth-order valence-electron chi connectivity index (χ4n) is 1.64. The van der Waals surface area contributed by atoms with Gasteiger partial charge in [-0.3, -0.25) is 0 Å². The summed E-state index contributed by atoms with van der Waals surface area (Å²) in [7, 11) is -0.399. The lowest BCUT2D eigenvalue weighted by atomic mass is 10.4. The molecule has 1 rings (SSSR count). The predicted molar refractivity (Wildman–Crippen MR) is 55.9 cm³/mol. The van der Waals surface area contributed by atoms with Gasteiger partial charge in [-0.2, -0.15) is 0 Å². The van der Waals surface area contributed by atoms with Crippen molar-refractivity contribution in [2.45, 2.75) is 30.8 Å². The molecule has 0 bridgehead atoms. The van der Waals surface area contributed by atoms with Crippen molar-refractivity contribution in [2.75, 3.05) is 0 Å². The van der Waals surface area contributed by atoms with Gasteiger partial charge >= 0.3 is 0 Å². The van der Waals surface area contributed by atoms with Crippen molar-refractivity contribution in [3.8, 4) is 0 Å². The Hall–Kier alpha value is -0.0862. The van der Waals surface area contributed by atoms with Crippen molar-refractivity contribution in [3.05, 3.63) is 24.3 Å². The van der Waals surface area contributed by atoms with E-state index < -0.39 is 0 Å². The van der Waals surface area contributed by atoms with Crippen LogP contribution in [0.1, 0.15) is 0 Å². The fraction of sp³-hybridized carbons (Fsp3) is 0.556. The fourth-order valence-corrected chi connectivity index (χ4v) is 7.36. The summed E-state index contributed by atoms with van der Waals surface area (Å²) < 4.78 is 0.537. The molecule has 0 heterocycles. The van der Waals surface area contributed by atoms with Crippen LogP contribution in [0.3, 0.4) is 0 Å². The average Bonchev–Trinajstić information content (AvgIpc) is 2.34. The Labute approximate surface area is 73.2 Å². The molecule has 0 aromatic carbocycles. The molecule has 1 aliphatic rings. The zero-order chi connectivity index (χ0) is 8.48. The molecule has 0 aliphatic heterocycles. The highest BCUT2D eigenvalue weighted by molar-refractivity contribution is 6.82. The van der Waals surface area contributed by atoms with Crippen LogP contribution >= 0.6 is 0 Å². The summed E-state index contributed by atoms with van der Waals surface area (Å²) in [6.45, 7) is 9.68. The Morgan fingerprint density at radius 2 is 1.18 bits per heavy atom. The molecule has 0 N–H and O–H groups in total. The summed E-state index contributed by atoms with van der Waals surface area (Å²) in [6, 6.07) is 0. The van der Waals surface area contributed by atoms with E-state index in [0.29, 0.717) is 4.66 Å². The maximum Gasteiger partial charge on any atom is 0.0541 e. The Bertz CT molecular complexity index is 168. The smallest absolute Gasteiger partial charge is 0.0541 e. The van der Waals surface area contributed by atoms with E-state index in [9.17, 15) is 0 Å². The van der Waals surface area contributed by atoms with Crippen molar-refractivity contribution in [1.82, 2.24) is 0 Å². The first-order valence-corrected chi connectivity index (χ1v) is 9.08. The molecule has 2 heteroatoms. The molecule has 11 heavy (non-hydrogen) atoms. The van der Waals surface area contributed by atoms with E-state index in [0.717, 1.165) is 0 Å². The number of hydrogen-bond donors (Lipinski definition) is 0. The molecule has 2 radical (unpaired) electrons. The zero-order valence-electron chi connectivity index (χ0n) is 7.81. The third kappa shape index (κ3) is 1.42. The normalized spacial score (nSPS) is 20.5. The highest BCUT2D eigenvalue weighted by atomic mass is 28.3. The lowest BCUT2D eigenvalue weighted by Crippen LogP contribution is -2.34. The summed E-state index contributed by atoms with van der Waals surface area (Å²) in [5.41, 5.74) is 0.